The zero-order chi connectivity index (χ0) is 20.5. The third-order valence-electron chi connectivity index (χ3n) is 7.86. The van der Waals surface area contributed by atoms with Gasteiger partial charge in [-0.3, -0.25) is 13.7 Å². The first-order chi connectivity index (χ1) is 13.2. The van der Waals surface area contributed by atoms with Crippen molar-refractivity contribution in [2.24, 2.45) is 35.0 Å². The predicted molar refractivity (Wildman–Crippen MR) is 111 cm³/mol. The number of Topliss-reactive ketones (excluding diaryl/α,β-unsaturated/α-hetero) is 1. The Balaban J connectivity index is 1.77. The van der Waals surface area contributed by atoms with E-state index in [4.69, 9.17) is 4.55 Å². The Morgan fingerprint density at radius 3 is 2.71 bits per heavy atom. The molecule has 0 saturated heterocycles. The number of carbonyl (C=O) groups is 1. The average molecular weight is 433 g/mol. The van der Waals surface area contributed by atoms with E-state index in [1.807, 2.05) is 0 Å². The Kier molecular flexibility index (Phi) is 6.98. The standard InChI is InChI=1S/C21H33FO4S2/c1-3-4-15-14(10-12-22)5-6-17-16(15)9-11-21(2)18(17)7-8-19(21)20(23)13-27-28(24,25)26/h5,15-19H,3-4,6-13H2,1-2H3,(H,24,25,26). The van der Waals surface area contributed by atoms with Crippen LogP contribution in [0.5, 0.6) is 0 Å². The van der Waals surface area contributed by atoms with Gasteiger partial charge in [0, 0.05) is 16.7 Å². The highest BCUT2D eigenvalue weighted by molar-refractivity contribution is 8.70. The average Bonchev–Trinajstić information content (AvgIpc) is 2.98. The molecule has 0 aliphatic heterocycles. The molecule has 160 valence electrons. The summed E-state index contributed by atoms with van der Waals surface area (Å²) < 4.78 is 44.0. The minimum absolute atomic E-state index is 0.0411. The quantitative estimate of drug-likeness (QED) is 0.322. The predicted octanol–water partition coefficient (Wildman–Crippen LogP) is 5.26. The van der Waals surface area contributed by atoms with Crippen molar-refractivity contribution in [1.29, 1.82) is 0 Å². The van der Waals surface area contributed by atoms with Crippen LogP contribution in [-0.4, -0.2) is 31.2 Å². The van der Waals surface area contributed by atoms with E-state index in [1.54, 1.807) is 0 Å². The minimum atomic E-state index is -4.18. The van der Waals surface area contributed by atoms with Gasteiger partial charge in [0.2, 0.25) is 0 Å². The fraction of sp³-hybridized carbons (Fsp3) is 0.857. The van der Waals surface area contributed by atoms with Crippen molar-refractivity contribution in [3.05, 3.63) is 11.6 Å². The summed E-state index contributed by atoms with van der Waals surface area (Å²) in [6.07, 6.45) is 9.93. The van der Waals surface area contributed by atoms with Crippen molar-refractivity contribution >= 4 is 25.7 Å². The molecule has 0 heterocycles. The van der Waals surface area contributed by atoms with Crippen LogP contribution in [0, 0.1) is 35.0 Å². The van der Waals surface area contributed by atoms with Gasteiger partial charge in [0.05, 0.1) is 12.4 Å². The molecular weight excluding hydrogens is 399 g/mol. The second kappa shape index (κ2) is 8.76. The van der Waals surface area contributed by atoms with Crippen LogP contribution in [0.2, 0.25) is 0 Å². The highest BCUT2D eigenvalue weighted by atomic mass is 33.1. The lowest BCUT2D eigenvalue weighted by molar-refractivity contribution is -0.126. The first-order valence-corrected chi connectivity index (χ1v) is 13.5. The molecule has 4 nitrogen and oxygen atoms in total. The number of hydrogen-bond donors (Lipinski definition) is 1. The molecule has 28 heavy (non-hydrogen) atoms. The summed E-state index contributed by atoms with van der Waals surface area (Å²) in [4.78, 5) is 12.8. The number of halogens is 1. The lowest BCUT2D eigenvalue weighted by atomic mass is 9.52. The third-order valence-corrected chi connectivity index (χ3v) is 9.81. The Morgan fingerprint density at radius 2 is 2.07 bits per heavy atom. The van der Waals surface area contributed by atoms with Crippen LogP contribution in [-0.2, 0) is 13.9 Å². The van der Waals surface area contributed by atoms with E-state index in [-0.39, 0.29) is 29.5 Å². The van der Waals surface area contributed by atoms with Crippen molar-refractivity contribution in [2.75, 3.05) is 12.4 Å². The third kappa shape index (κ3) is 4.36. The largest absolute Gasteiger partial charge is 0.320 e. The van der Waals surface area contributed by atoms with Crippen molar-refractivity contribution in [3.63, 3.8) is 0 Å². The molecule has 0 amide bonds. The van der Waals surface area contributed by atoms with Crippen LogP contribution >= 0.6 is 10.8 Å². The molecule has 6 atom stereocenters. The maximum absolute atomic E-state index is 13.0. The molecule has 7 heteroatoms. The highest BCUT2D eigenvalue weighted by Crippen LogP contribution is 2.63. The minimum Gasteiger partial charge on any atom is -0.298 e. The lowest BCUT2D eigenvalue weighted by Gasteiger charge is -2.52. The number of alkyl halides is 1. The van der Waals surface area contributed by atoms with E-state index in [2.05, 4.69) is 19.9 Å². The maximum atomic E-state index is 13.0. The molecule has 2 saturated carbocycles. The van der Waals surface area contributed by atoms with Gasteiger partial charge in [-0.2, -0.15) is 8.42 Å². The first kappa shape index (κ1) is 22.3. The van der Waals surface area contributed by atoms with Gasteiger partial charge in [-0.15, -0.1) is 0 Å². The van der Waals surface area contributed by atoms with Crippen LogP contribution in [0.4, 0.5) is 4.39 Å². The summed E-state index contributed by atoms with van der Waals surface area (Å²) in [6, 6.07) is 0. The molecule has 2 fully saturated rings. The van der Waals surface area contributed by atoms with Crippen LogP contribution < -0.4 is 0 Å². The number of ketones is 1. The molecule has 0 radical (unpaired) electrons. The van der Waals surface area contributed by atoms with Crippen LogP contribution in [0.25, 0.3) is 0 Å². The second-order valence-corrected chi connectivity index (χ2v) is 12.5. The number of fused-ring (bicyclic) bond motifs is 3. The maximum Gasteiger partial charge on any atom is 0.320 e. The van der Waals surface area contributed by atoms with Gasteiger partial charge in [-0.05, 0) is 74.0 Å². The second-order valence-electron chi connectivity index (χ2n) is 9.11. The van der Waals surface area contributed by atoms with Crippen molar-refractivity contribution in [2.45, 2.75) is 65.2 Å². The summed E-state index contributed by atoms with van der Waals surface area (Å²) in [5, 5.41) is 0. The highest BCUT2D eigenvalue weighted by Gasteiger charge is 2.56. The number of hydrogen-bond acceptors (Lipinski definition) is 4. The van der Waals surface area contributed by atoms with Gasteiger partial charge in [0.15, 0.2) is 0 Å². The Bertz CT molecular complexity index is 720. The normalized spacial score (nSPS) is 37.9. The molecule has 3 aliphatic rings. The molecular formula is C21H33FO4S2. The lowest BCUT2D eigenvalue weighted by Crippen LogP contribution is -2.46. The molecule has 0 bridgehead atoms. The summed E-state index contributed by atoms with van der Waals surface area (Å²) in [5.74, 6) is 1.76. The summed E-state index contributed by atoms with van der Waals surface area (Å²) in [7, 11) is -3.85. The van der Waals surface area contributed by atoms with E-state index in [0.29, 0.717) is 40.9 Å². The molecule has 3 rings (SSSR count). The van der Waals surface area contributed by atoms with Crippen LogP contribution in [0.1, 0.15) is 65.2 Å². The summed E-state index contributed by atoms with van der Waals surface area (Å²) in [5.41, 5.74) is 1.23. The van der Waals surface area contributed by atoms with Gasteiger partial charge in [-0.25, -0.2) is 0 Å². The van der Waals surface area contributed by atoms with Gasteiger partial charge in [0.25, 0.3) is 0 Å². The van der Waals surface area contributed by atoms with E-state index in [9.17, 15) is 17.6 Å². The van der Waals surface area contributed by atoms with Crippen molar-refractivity contribution in [3.8, 4) is 0 Å². The number of rotatable bonds is 8. The Hall–Kier alpha value is -0.400. The van der Waals surface area contributed by atoms with Gasteiger partial charge < -0.3 is 0 Å². The monoisotopic (exact) mass is 432 g/mol. The summed E-state index contributed by atoms with van der Waals surface area (Å²) in [6.45, 7) is 4.13. The molecule has 0 spiro atoms. The molecule has 0 aromatic carbocycles. The molecule has 1 N–H and O–H groups in total. The van der Waals surface area contributed by atoms with Gasteiger partial charge in [0.1, 0.15) is 5.78 Å². The fourth-order valence-electron chi connectivity index (χ4n) is 6.74. The van der Waals surface area contributed by atoms with E-state index < -0.39 is 9.15 Å². The Morgan fingerprint density at radius 1 is 1.32 bits per heavy atom. The van der Waals surface area contributed by atoms with Crippen molar-refractivity contribution in [1.82, 2.24) is 0 Å². The Labute approximate surface area is 172 Å². The van der Waals surface area contributed by atoms with Crippen molar-refractivity contribution < 1.29 is 22.2 Å². The SMILES string of the molecule is CCCC1C(CCF)=CCC2C1CCC1(C)C(C(=O)CSS(=O)(=O)O)CCC21. The van der Waals surface area contributed by atoms with Crippen LogP contribution in [0.15, 0.2) is 11.6 Å². The topological polar surface area (TPSA) is 71.4 Å². The van der Waals surface area contributed by atoms with E-state index in [1.165, 1.54) is 5.57 Å². The fourth-order valence-corrected chi connectivity index (χ4v) is 8.00. The van der Waals surface area contributed by atoms with E-state index in [0.717, 1.165) is 44.9 Å². The first-order valence-electron chi connectivity index (χ1n) is 10.6. The van der Waals surface area contributed by atoms with Crippen LogP contribution in [0.3, 0.4) is 0 Å². The molecule has 0 aromatic rings. The number of allylic oxidation sites excluding steroid dienone is 2. The molecule has 3 aliphatic carbocycles. The zero-order valence-electron chi connectivity index (χ0n) is 16.9. The van der Waals surface area contributed by atoms with Gasteiger partial charge in [-0.1, -0.05) is 31.9 Å². The summed E-state index contributed by atoms with van der Waals surface area (Å²) >= 11 is 0. The number of carbonyl (C=O) groups excluding carboxylic acids is 1. The molecule has 0 aromatic heterocycles. The van der Waals surface area contributed by atoms with Gasteiger partial charge >= 0.3 is 9.15 Å². The smallest absolute Gasteiger partial charge is 0.298 e. The zero-order valence-corrected chi connectivity index (χ0v) is 18.5. The van der Waals surface area contributed by atoms with E-state index >= 15 is 0 Å². The molecule has 6 unspecified atom stereocenters.